The van der Waals surface area contributed by atoms with Gasteiger partial charge >= 0.3 is 5.97 Å². The molecule has 0 aliphatic rings. The van der Waals surface area contributed by atoms with Crippen molar-refractivity contribution in [3.8, 4) is 11.5 Å². The summed E-state index contributed by atoms with van der Waals surface area (Å²) in [6.07, 6.45) is 0. The summed E-state index contributed by atoms with van der Waals surface area (Å²) >= 11 is 0. The topological polar surface area (TPSA) is 56.8 Å². The van der Waals surface area contributed by atoms with E-state index in [9.17, 15) is 4.79 Å². The number of carbonyl (C=O) groups is 1. The molecule has 0 saturated heterocycles. The van der Waals surface area contributed by atoms with Gasteiger partial charge in [0, 0.05) is 6.07 Å². The minimum atomic E-state index is -0.467. The summed E-state index contributed by atoms with van der Waals surface area (Å²) < 4.78 is 15.7. The highest BCUT2D eigenvalue weighted by molar-refractivity contribution is 5.75. The third-order valence-corrected chi connectivity index (χ3v) is 2.47. The van der Waals surface area contributed by atoms with Gasteiger partial charge in [-0.05, 0) is 25.6 Å². The van der Waals surface area contributed by atoms with Gasteiger partial charge in [0.15, 0.2) is 0 Å². The molecule has 0 spiro atoms. The van der Waals surface area contributed by atoms with Crippen molar-refractivity contribution in [2.45, 2.75) is 19.9 Å². The quantitative estimate of drug-likeness (QED) is 0.725. The fraction of sp³-hybridized carbons (Fsp3) is 0.500. The van der Waals surface area contributed by atoms with Crippen molar-refractivity contribution < 1.29 is 19.0 Å². The molecule has 0 aliphatic heterocycles. The maximum absolute atomic E-state index is 11.5. The van der Waals surface area contributed by atoms with Crippen molar-refractivity contribution >= 4 is 5.97 Å². The van der Waals surface area contributed by atoms with Crippen LogP contribution in [0.15, 0.2) is 24.3 Å². The van der Waals surface area contributed by atoms with Crippen LogP contribution in [0.5, 0.6) is 11.5 Å². The van der Waals surface area contributed by atoms with Crippen molar-refractivity contribution in [1.82, 2.24) is 5.32 Å². The summed E-state index contributed by atoms with van der Waals surface area (Å²) in [5.74, 6) is 1.08. The Labute approximate surface area is 113 Å². The minimum Gasteiger partial charge on any atom is -0.494 e. The standard InChI is InChI=1S/C14H21NO4/c1-4-15-13(14(16)17-3)10-19-12-8-6-7-11(9-12)18-5-2/h6-9,13,15H,4-5,10H2,1-3H3. The SMILES string of the molecule is CCNC(COc1cccc(OCC)c1)C(=O)OC. The van der Waals surface area contributed by atoms with E-state index in [0.717, 1.165) is 5.75 Å². The Morgan fingerprint density at radius 2 is 1.95 bits per heavy atom. The highest BCUT2D eigenvalue weighted by Crippen LogP contribution is 2.19. The first-order chi connectivity index (χ1) is 9.21. The average molecular weight is 267 g/mol. The van der Waals surface area contributed by atoms with Crippen LogP contribution >= 0.6 is 0 Å². The maximum atomic E-state index is 11.5. The van der Waals surface area contributed by atoms with Crippen LogP contribution in [0.4, 0.5) is 0 Å². The van der Waals surface area contributed by atoms with Gasteiger partial charge in [0.05, 0.1) is 13.7 Å². The van der Waals surface area contributed by atoms with E-state index in [1.165, 1.54) is 7.11 Å². The number of rotatable bonds is 8. The highest BCUT2D eigenvalue weighted by Gasteiger charge is 2.18. The molecule has 0 aromatic heterocycles. The number of benzene rings is 1. The largest absolute Gasteiger partial charge is 0.494 e. The molecular formula is C14H21NO4. The molecule has 0 amide bonds. The van der Waals surface area contributed by atoms with Crippen LogP contribution in [0.2, 0.25) is 0 Å². The van der Waals surface area contributed by atoms with Crippen LogP contribution < -0.4 is 14.8 Å². The predicted octanol–water partition coefficient (Wildman–Crippen LogP) is 1.62. The molecular weight excluding hydrogens is 246 g/mol. The lowest BCUT2D eigenvalue weighted by molar-refractivity contribution is -0.143. The minimum absolute atomic E-state index is 0.218. The molecule has 19 heavy (non-hydrogen) atoms. The van der Waals surface area contributed by atoms with Crippen molar-refractivity contribution in [3.63, 3.8) is 0 Å². The van der Waals surface area contributed by atoms with E-state index >= 15 is 0 Å². The second-order valence-electron chi connectivity index (χ2n) is 3.85. The van der Waals surface area contributed by atoms with Crippen molar-refractivity contribution in [3.05, 3.63) is 24.3 Å². The van der Waals surface area contributed by atoms with Gasteiger partial charge in [0.1, 0.15) is 24.1 Å². The fourth-order valence-electron chi connectivity index (χ4n) is 1.60. The van der Waals surface area contributed by atoms with E-state index in [-0.39, 0.29) is 12.6 Å². The first-order valence-electron chi connectivity index (χ1n) is 6.38. The van der Waals surface area contributed by atoms with E-state index in [1.54, 1.807) is 6.07 Å². The number of carbonyl (C=O) groups excluding carboxylic acids is 1. The molecule has 1 N–H and O–H groups in total. The van der Waals surface area contributed by atoms with E-state index in [0.29, 0.717) is 18.9 Å². The zero-order valence-corrected chi connectivity index (χ0v) is 11.6. The monoisotopic (exact) mass is 267 g/mol. The molecule has 1 atom stereocenters. The summed E-state index contributed by atoms with van der Waals surface area (Å²) in [7, 11) is 1.36. The Hall–Kier alpha value is -1.75. The smallest absolute Gasteiger partial charge is 0.326 e. The first kappa shape index (κ1) is 15.3. The fourth-order valence-corrected chi connectivity index (χ4v) is 1.60. The molecule has 1 aromatic rings. The molecule has 106 valence electrons. The summed E-state index contributed by atoms with van der Waals surface area (Å²) in [4.78, 5) is 11.5. The number of likely N-dealkylation sites (N-methyl/N-ethyl adjacent to an activating group) is 1. The molecule has 1 rings (SSSR count). The lowest BCUT2D eigenvalue weighted by atomic mass is 10.3. The van der Waals surface area contributed by atoms with Gasteiger partial charge < -0.3 is 19.5 Å². The first-order valence-corrected chi connectivity index (χ1v) is 6.38. The lowest BCUT2D eigenvalue weighted by Gasteiger charge is -2.16. The van der Waals surface area contributed by atoms with Gasteiger partial charge in [0.2, 0.25) is 0 Å². The molecule has 0 radical (unpaired) electrons. The molecule has 0 bridgehead atoms. The van der Waals surface area contributed by atoms with Crippen LogP contribution in [0.25, 0.3) is 0 Å². The van der Waals surface area contributed by atoms with E-state index in [4.69, 9.17) is 14.2 Å². The van der Waals surface area contributed by atoms with E-state index in [2.05, 4.69) is 5.32 Å². The van der Waals surface area contributed by atoms with Gasteiger partial charge in [-0.25, -0.2) is 0 Å². The van der Waals surface area contributed by atoms with E-state index in [1.807, 2.05) is 32.0 Å². The van der Waals surface area contributed by atoms with Gasteiger partial charge in [-0.2, -0.15) is 0 Å². The molecule has 0 heterocycles. The highest BCUT2D eigenvalue weighted by atomic mass is 16.5. The number of hydrogen-bond acceptors (Lipinski definition) is 5. The average Bonchev–Trinajstić information content (AvgIpc) is 2.43. The van der Waals surface area contributed by atoms with Gasteiger partial charge in [-0.3, -0.25) is 4.79 Å². The van der Waals surface area contributed by atoms with E-state index < -0.39 is 6.04 Å². The third kappa shape index (κ3) is 5.18. The number of ether oxygens (including phenoxy) is 3. The maximum Gasteiger partial charge on any atom is 0.326 e. The Morgan fingerprint density at radius 1 is 1.26 bits per heavy atom. The van der Waals surface area contributed by atoms with Crippen LogP contribution in [0.1, 0.15) is 13.8 Å². The molecule has 0 fully saturated rings. The summed E-state index contributed by atoms with van der Waals surface area (Å²) in [6.45, 7) is 5.33. The van der Waals surface area contributed by atoms with Crippen LogP contribution in [-0.4, -0.2) is 38.9 Å². The summed E-state index contributed by atoms with van der Waals surface area (Å²) in [5, 5.41) is 3.01. The molecule has 0 saturated carbocycles. The molecule has 0 aliphatic carbocycles. The number of nitrogens with one attached hydrogen (secondary N) is 1. The van der Waals surface area contributed by atoms with Gasteiger partial charge in [-0.15, -0.1) is 0 Å². The predicted molar refractivity (Wildman–Crippen MR) is 72.6 cm³/mol. The van der Waals surface area contributed by atoms with Gasteiger partial charge in [-0.1, -0.05) is 13.0 Å². The molecule has 5 heteroatoms. The Morgan fingerprint density at radius 3 is 2.53 bits per heavy atom. The second-order valence-corrected chi connectivity index (χ2v) is 3.85. The van der Waals surface area contributed by atoms with Crippen molar-refractivity contribution in [1.29, 1.82) is 0 Å². The van der Waals surface area contributed by atoms with Crippen LogP contribution in [-0.2, 0) is 9.53 Å². The normalized spacial score (nSPS) is 11.7. The Kier molecular flexibility index (Phi) is 6.74. The molecule has 5 nitrogen and oxygen atoms in total. The Balaban J connectivity index is 2.58. The third-order valence-electron chi connectivity index (χ3n) is 2.47. The second kappa shape index (κ2) is 8.37. The van der Waals surface area contributed by atoms with Crippen molar-refractivity contribution in [2.24, 2.45) is 0 Å². The number of hydrogen-bond donors (Lipinski definition) is 1. The van der Waals surface area contributed by atoms with Crippen molar-refractivity contribution in [2.75, 3.05) is 26.9 Å². The summed E-state index contributed by atoms with van der Waals surface area (Å²) in [6, 6.07) is 6.86. The zero-order chi connectivity index (χ0) is 14.1. The number of esters is 1. The number of methoxy groups -OCH3 is 1. The lowest BCUT2D eigenvalue weighted by Crippen LogP contribution is -2.42. The van der Waals surface area contributed by atoms with Crippen LogP contribution in [0, 0.1) is 0 Å². The van der Waals surface area contributed by atoms with Gasteiger partial charge in [0.25, 0.3) is 0 Å². The van der Waals surface area contributed by atoms with Crippen LogP contribution in [0.3, 0.4) is 0 Å². The molecule has 1 unspecified atom stereocenters. The Bertz CT molecular complexity index is 395. The zero-order valence-electron chi connectivity index (χ0n) is 11.6. The summed E-state index contributed by atoms with van der Waals surface area (Å²) in [5.41, 5.74) is 0. The molecule has 1 aromatic carbocycles.